The molecule has 0 saturated heterocycles. The van der Waals surface area contributed by atoms with E-state index >= 15 is 0 Å². The fourth-order valence-corrected chi connectivity index (χ4v) is 3.26. The average molecular weight is 328 g/mol. The highest BCUT2D eigenvalue weighted by Crippen LogP contribution is 2.30. The van der Waals surface area contributed by atoms with Crippen LogP contribution in [0, 0.1) is 0 Å². The molecule has 0 radical (unpaired) electrons. The number of nitrogens with zero attached hydrogens (tertiary/aromatic N) is 3. The summed E-state index contributed by atoms with van der Waals surface area (Å²) in [4.78, 5) is 0. The molecule has 0 fully saturated rings. The third-order valence-electron chi connectivity index (χ3n) is 3.23. The molecule has 1 aromatic carbocycles. The second-order valence-corrected chi connectivity index (χ2v) is 8.38. The lowest BCUT2D eigenvalue weighted by Gasteiger charge is -2.26. The van der Waals surface area contributed by atoms with E-state index in [-0.39, 0.29) is 11.1 Å². The number of rotatable bonds is 3. The molecule has 0 aliphatic carbocycles. The molecule has 5 nitrogen and oxygen atoms in total. The first-order valence-electron chi connectivity index (χ1n) is 6.58. The minimum Gasteiger partial charge on any atom is -0.295 e. The van der Waals surface area contributed by atoms with E-state index in [2.05, 4.69) is 10.2 Å². The van der Waals surface area contributed by atoms with E-state index in [9.17, 15) is 8.42 Å². The Morgan fingerprint density at radius 1 is 1.14 bits per heavy atom. The molecule has 1 heterocycles. The van der Waals surface area contributed by atoms with Gasteiger partial charge in [0.25, 0.3) is 14.2 Å². The maximum Gasteiger partial charge on any atom is 0.296 e. The summed E-state index contributed by atoms with van der Waals surface area (Å²) in [6, 6.07) is 9.74. The molecular weight excluding hydrogens is 310 g/mol. The maximum absolute atomic E-state index is 11.7. The van der Waals surface area contributed by atoms with Crippen LogP contribution in [0.5, 0.6) is 0 Å². The van der Waals surface area contributed by atoms with Crippen LogP contribution < -0.4 is 0 Å². The Balaban J connectivity index is 2.63. The molecule has 0 aliphatic rings. The van der Waals surface area contributed by atoms with Crippen LogP contribution in [-0.2, 0) is 14.6 Å². The molecule has 1 atom stereocenters. The normalized spacial score (nSPS) is 14.1. The van der Waals surface area contributed by atoms with Crippen molar-refractivity contribution >= 4 is 19.7 Å². The van der Waals surface area contributed by atoms with E-state index in [0.717, 1.165) is 5.56 Å². The van der Waals surface area contributed by atoms with Crippen molar-refractivity contribution in [1.82, 2.24) is 14.8 Å². The summed E-state index contributed by atoms with van der Waals surface area (Å²) in [6.07, 6.45) is 0. The SMILES string of the molecule is CC(c1ccccc1)c1nnc(S(=O)(=O)Cl)n1C(C)(C)C. The van der Waals surface area contributed by atoms with Gasteiger partial charge >= 0.3 is 0 Å². The molecule has 114 valence electrons. The predicted octanol–water partition coefficient (Wildman–Crippen LogP) is 3.11. The highest BCUT2D eigenvalue weighted by molar-refractivity contribution is 8.13. The number of halogens is 1. The van der Waals surface area contributed by atoms with Crippen LogP contribution in [0.1, 0.15) is 45.0 Å². The van der Waals surface area contributed by atoms with E-state index < -0.39 is 14.6 Å². The molecule has 1 aromatic heterocycles. The molecule has 7 heteroatoms. The van der Waals surface area contributed by atoms with Crippen molar-refractivity contribution in [3.8, 4) is 0 Å². The van der Waals surface area contributed by atoms with Gasteiger partial charge in [0, 0.05) is 22.1 Å². The topological polar surface area (TPSA) is 64.8 Å². The molecule has 2 aromatic rings. The third kappa shape index (κ3) is 3.27. The number of benzene rings is 1. The van der Waals surface area contributed by atoms with Gasteiger partial charge in [-0.05, 0) is 26.3 Å². The van der Waals surface area contributed by atoms with Crippen molar-refractivity contribution in [3.63, 3.8) is 0 Å². The van der Waals surface area contributed by atoms with Gasteiger partial charge in [-0.3, -0.25) is 4.57 Å². The second-order valence-electron chi connectivity index (χ2n) is 5.92. The van der Waals surface area contributed by atoms with Gasteiger partial charge in [0.05, 0.1) is 0 Å². The Hall–Kier alpha value is -1.40. The predicted molar refractivity (Wildman–Crippen MR) is 82.0 cm³/mol. The van der Waals surface area contributed by atoms with Gasteiger partial charge in [-0.15, -0.1) is 10.2 Å². The summed E-state index contributed by atoms with van der Waals surface area (Å²) in [5.74, 6) is 0.484. The third-order valence-corrected chi connectivity index (χ3v) is 4.35. The van der Waals surface area contributed by atoms with Gasteiger partial charge in [0.15, 0.2) is 0 Å². The van der Waals surface area contributed by atoms with Gasteiger partial charge < -0.3 is 0 Å². The highest BCUT2D eigenvalue weighted by Gasteiger charge is 2.31. The van der Waals surface area contributed by atoms with Crippen molar-refractivity contribution in [2.24, 2.45) is 0 Å². The fourth-order valence-electron chi connectivity index (χ4n) is 2.24. The van der Waals surface area contributed by atoms with Crippen LogP contribution in [0.15, 0.2) is 35.5 Å². The minimum atomic E-state index is -3.95. The van der Waals surface area contributed by atoms with Crippen LogP contribution in [0.3, 0.4) is 0 Å². The molecular formula is C14H18ClN3O2S. The molecule has 2 rings (SSSR count). The van der Waals surface area contributed by atoms with Crippen molar-refractivity contribution in [3.05, 3.63) is 41.7 Å². The average Bonchev–Trinajstić information content (AvgIpc) is 2.83. The van der Waals surface area contributed by atoms with E-state index in [0.29, 0.717) is 5.82 Å². The van der Waals surface area contributed by atoms with Gasteiger partial charge in [0.1, 0.15) is 5.82 Å². The van der Waals surface area contributed by atoms with E-state index in [1.165, 1.54) is 0 Å². The standard InChI is InChI=1S/C14H18ClN3O2S/c1-10(11-8-6-5-7-9-11)12-16-17-13(21(15,19)20)18(12)14(2,3)4/h5-10H,1-4H3. The highest BCUT2D eigenvalue weighted by atomic mass is 35.7. The van der Waals surface area contributed by atoms with Crippen molar-refractivity contribution in [2.75, 3.05) is 0 Å². The van der Waals surface area contributed by atoms with Crippen molar-refractivity contribution in [1.29, 1.82) is 0 Å². The van der Waals surface area contributed by atoms with E-state index in [1.807, 2.05) is 58.0 Å². The molecule has 0 amide bonds. The van der Waals surface area contributed by atoms with E-state index in [4.69, 9.17) is 10.7 Å². The zero-order valence-corrected chi connectivity index (χ0v) is 14.0. The number of aromatic nitrogens is 3. The maximum atomic E-state index is 11.7. The molecule has 0 N–H and O–H groups in total. The minimum absolute atomic E-state index is 0.0925. The van der Waals surface area contributed by atoms with Crippen LogP contribution in [0.2, 0.25) is 0 Å². The molecule has 0 saturated carbocycles. The Labute approximate surface area is 129 Å². The van der Waals surface area contributed by atoms with Crippen LogP contribution >= 0.6 is 10.7 Å². The lowest BCUT2D eigenvalue weighted by Crippen LogP contribution is -2.28. The van der Waals surface area contributed by atoms with Gasteiger partial charge in [-0.1, -0.05) is 37.3 Å². The molecule has 0 spiro atoms. The quantitative estimate of drug-likeness (QED) is 0.812. The number of hydrogen-bond donors (Lipinski definition) is 0. The summed E-state index contributed by atoms with van der Waals surface area (Å²) in [6.45, 7) is 7.64. The largest absolute Gasteiger partial charge is 0.296 e. The summed E-state index contributed by atoms with van der Waals surface area (Å²) in [5, 5.41) is 7.65. The summed E-state index contributed by atoms with van der Waals surface area (Å²) >= 11 is 0. The summed E-state index contributed by atoms with van der Waals surface area (Å²) in [5.41, 5.74) is 0.535. The first-order valence-corrected chi connectivity index (χ1v) is 8.88. The van der Waals surface area contributed by atoms with Crippen molar-refractivity contribution in [2.45, 2.75) is 44.3 Å². The van der Waals surface area contributed by atoms with E-state index in [1.54, 1.807) is 4.57 Å². The Kier molecular flexibility index (Phi) is 4.13. The monoisotopic (exact) mass is 327 g/mol. The van der Waals surface area contributed by atoms with Gasteiger partial charge in [-0.2, -0.15) is 0 Å². The molecule has 21 heavy (non-hydrogen) atoms. The van der Waals surface area contributed by atoms with Gasteiger partial charge in [0.2, 0.25) is 0 Å². The van der Waals surface area contributed by atoms with Crippen molar-refractivity contribution < 1.29 is 8.42 Å². The Morgan fingerprint density at radius 3 is 2.19 bits per heavy atom. The lowest BCUT2D eigenvalue weighted by atomic mass is 9.99. The van der Waals surface area contributed by atoms with Crippen LogP contribution in [-0.4, -0.2) is 23.2 Å². The van der Waals surface area contributed by atoms with Gasteiger partial charge in [-0.25, -0.2) is 8.42 Å². The molecule has 1 unspecified atom stereocenters. The number of hydrogen-bond acceptors (Lipinski definition) is 4. The van der Waals surface area contributed by atoms with Crippen LogP contribution in [0.4, 0.5) is 0 Å². The zero-order chi connectivity index (χ0) is 15.8. The second kappa shape index (κ2) is 5.42. The Bertz CT molecular complexity index is 733. The smallest absolute Gasteiger partial charge is 0.295 e. The zero-order valence-electron chi connectivity index (χ0n) is 12.4. The Morgan fingerprint density at radius 2 is 1.71 bits per heavy atom. The fraction of sp³-hybridized carbons (Fsp3) is 0.429. The lowest BCUT2D eigenvalue weighted by molar-refractivity contribution is 0.348. The molecule has 0 aliphatic heterocycles. The summed E-state index contributed by atoms with van der Waals surface area (Å²) in [7, 11) is 1.53. The van der Waals surface area contributed by atoms with Crippen LogP contribution in [0.25, 0.3) is 0 Å². The summed E-state index contributed by atoms with van der Waals surface area (Å²) < 4.78 is 25.0. The first-order chi connectivity index (χ1) is 9.62. The first kappa shape index (κ1) is 16.0. The molecule has 0 bridgehead atoms.